The highest BCUT2D eigenvalue weighted by molar-refractivity contribution is 4.94. The first-order valence-electron chi connectivity index (χ1n) is 3.94. The second-order valence-corrected chi connectivity index (χ2v) is 3.48. The molecule has 6 N–H and O–H groups in total. The minimum atomic E-state index is -2.68. The van der Waals surface area contributed by atoms with Crippen LogP contribution in [-0.4, -0.2) is 67.4 Å². The van der Waals surface area contributed by atoms with Gasteiger partial charge in [-0.25, -0.2) is 0 Å². The predicted octanol–water partition coefficient (Wildman–Crippen LogP) is -4.28. The quantitative estimate of drug-likeness (QED) is 0.206. The van der Waals surface area contributed by atoms with E-state index < -0.39 is 36.7 Å². The Kier molecular flexibility index (Phi) is 1.97. The molecule has 2 aliphatic heterocycles. The van der Waals surface area contributed by atoms with E-state index in [1.807, 2.05) is 0 Å². The third-order valence-corrected chi connectivity index (χ3v) is 2.15. The Morgan fingerprint density at radius 3 is 1.20 bits per heavy atom. The highest BCUT2D eigenvalue weighted by Crippen LogP contribution is 2.43. The molecule has 0 aromatic rings. The van der Waals surface area contributed by atoms with E-state index in [1.165, 1.54) is 0 Å². The molecule has 0 radical (unpaired) electrons. The van der Waals surface area contributed by atoms with E-state index in [2.05, 4.69) is 14.2 Å². The van der Waals surface area contributed by atoms with Crippen molar-refractivity contribution >= 4 is 0 Å². The van der Waals surface area contributed by atoms with Gasteiger partial charge < -0.3 is 35.4 Å². The van der Waals surface area contributed by atoms with Crippen molar-refractivity contribution in [3.8, 4) is 0 Å². The molecular formula is C6H10O9. The molecule has 2 atom stereocenters. The second-order valence-electron chi connectivity index (χ2n) is 3.48. The number of hydrogen-bond donors (Lipinski definition) is 6. The van der Waals surface area contributed by atoms with E-state index >= 15 is 0 Å². The molecule has 0 aromatic heterocycles. The summed E-state index contributed by atoms with van der Waals surface area (Å²) in [5.41, 5.74) is 0. The zero-order valence-corrected chi connectivity index (χ0v) is 7.32. The lowest BCUT2D eigenvalue weighted by molar-refractivity contribution is -0.175. The van der Waals surface area contributed by atoms with Gasteiger partial charge in [-0.05, 0) is 0 Å². The van der Waals surface area contributed by atoms with Crippen LogP contribution in [-0.2, 0) is 14.2 Å². The van der Waals surface area contributed by atoms with Crippen LogP contribution >= 0.6 is 0 Å². The Bertz CT molecular complexity index is 260. The fourth-order valence-electron chi connectivity index (χ4n) is 0.995. The van der Waals surface area contributed by atoms with Gasteiger partial charge in [-0.15, -0.1) is 0 Å². The van der Waals surface area contributed by atoms with Crippen LogP contribution in [0, 0.1) is 0 Å². The van der Waals surface area contributed by atoms with Crippen LogP contribution in [0.1, 0.15) is 0 Å². The van der Waals surface area contributed by atoms with Gasteiger partial charge in [0.1, 0.15) is 13.2 Å². The molecule has 0 amide bonds. The SMILES string of the molecule is OC1(O)OC1(O)COCC1(O)OC1(O)O. The standard InChI is InChI=1S/C6H10O9/c7-3(5(9,10)14-3)1-13-2-4(8)6(11,12)15-4/h7-12H,1-2H2. The molecule has 9 nitrogen and oxygen atoms in total. The summed E-state index contributed by atoms with van der Waals surface area (Å²) in [6.45, 7) is -1.36. The molecule has 2 aliphatic rings. The molecule has 15 heavy (non-hydrogen) atoms. The molecule has 0 aromatic carbocycles. The highest BCUT2D eigenvalue weighted by atomic mass is 16.9. The lowest BCUT2D eigenvalue weighted by Crippen LogP contribution is -2.35. The molecule has 2 fully saturated rings. The third kappa shape index (κ3) is 1.63. The van der Waals surface area contributed by atoms with Gasteiger partial charge in [0.25, 0.3) is 11.6 Å². The van der Waals surface area contributed by atoms with Gasteiger partial charge in [0.2, 0.25) is 0 Å². The maximum atomic E-state index is 9.11. The fourth-order valence-corrected chi connectivity index (χ4v) is 0.995. The molecule has 0 bridgehead atoms. The minimum Gasteiger partial charge on any atom is -0.370 e. The minimum absolute atomic E-state index is 0.679. The summed E-state index contributed by atoms with van der Waals surface area (Å²) >= 11 is 0. The number of rotatable bonds is 4. The zero-order chi connectivity index (χ0) is 11.5. The van der Waals surface area contributed by atoms with Crippen LogP contribution < -0.4 is 0 Å². The van der Waals surface area contributed by atoms with Crippen molar-refractivity contribution in [2.24, 2.45) is 0 Å². The molecule has 0 spiro atoms. The summed E-state index contributed by atoms with van der Waals surface area (Å²) in [5.74, 6) is -9.91. The summed E-state index contributed by atoms with van der Waals surface area (Å²) in [6.07, 6.45) is 0. The smallest absolute Gasteiger partial charge is 0.340 e. The highest BCUT2D eigenvalue weighted by Gasteiger charge is 2.73. The van der Waals surface area contributed by atoms with E-state index in [-0.39, 0.29) is 0 Å². The number of ether oxygens (including phenoxy) is 3. The van der Waals surface area contributed by atoms with E-state index in [4.69, 9.17) is 30.6 Å². The predicted molar refractivity (Wildman–Crippen MR) is 37.2 cm³/mol. The van der Waals surface area contributed by atoms with Gasteiger partial charge in [-0.3, -0.25) is 9.47 Å². The Morgan fingerprint density at radius 2 is 1.00 bits per heavy atom. The van der Waals surface area contributed by atoms with Crippen molar-refractivity contribution < 1.29 is 44.8 Å². The van der Waals surface area contributed by atoms with Crippen molar-refractivity contribution in [2.45, 2.75) is 23.5 Å². The second kappa shape index (κ2) is 2.66. The Hall–Kier alpha value is -0.360. The Balaban J connectivity index is 1.74. The van der Waals surface area contributed by atoms with E-state index in [0.717, 1.165) is 0 Å². The first-order valence-corrected chi connectivity index (χ1v) is 3.94. The number of hydrogen-bond acceptors (Lipinski definition) is 9. The summed E-state index contributed by atoms with van der Waals surface area (Å²) in [5, 5.41) is 53.1. The average Bonchev–Trinajstić information content (AvgIpc) is 2.67. The van der Waals surface area contributed by atoms with Crippen LogP contribution in [0.15, 0.2) is 0 Å². The van der Waals surface area contributed by atoms with E-state index in [1.54, 1.807) is 0 Å². The lowest BCUT2D eigenvalue weighted by atomic mass is 10.3. The molecule has 0 aliphatic carbocycles. The van der Waals surface area contributed by atoms with Crippen LogP contribution in [0.5, 0.6) is 0 Å². The van der Waals surface area contributed by atoms with Crippen LogP contribution in [0.25, 0.3) is 0 Å². The van der Waals surface area contributed by atoms with Crippen molar-refractivity contribution in [1.82, 2.24) is 0 Å². The lowest BCUT2D eigenvalue weighted by Gasteiger charge is -2.09. The summed E-state index contributed by atoms with van der Waals surface area (Å²) in [7, 11) is 0. The van der Waals surface area contributed by atoms with Crippen molar-refractivity contribution in [3.05, 3.63) is 0 Å². The molecule has 2 unspecified atom stereocenters. The monoisotopic (exact) mass is 226 g/mol. The van der Waals surface area contributed by atoms with Crippen molar-refractivity contribution in [2.75, 3.05) is 13.2 Å². The Labute approximate surface area is 82.7 Å². The summed E-state index contributed by atoms with van der Waals surface area (Å²) in [4.78, 5) is 0. The van der Waals surface area contributed by atoms with Gasteiger partial charge in [-0.2, -0.15) is 0 Å². The molecule has 2 saturated heterocycles. The first kappa shape index (κ1) is 11.1. The topological polar surface area (TPSA) is 156 Å². The fraction of sp³-hybridized carbons (Fsp3) is 1.00. The third-order valence-electron chi connectivity index (χ3n) is 2.15. The largest absolute Gasteiger partial charge is 0.370 e. The maximum absolute atomic E-state index is 9.11. The molecule has 2 rings (SSSR count). The molecule has 2 heterocycles. The van der Waals surface area contributed by atoms with E-state index in [0.29, 0.717) is 0 Å². The number of epoxide rings is 2. The average molecular weight is 226 g/mol. The summed E-state index contributed by atoms with van der Waals surface area (Å²) < 4.78 is 12.7. The van der Waals surface area contributed by atoms with Crippen LogP contribution in [0.4, 0.5) is 0 Å². The van der Waals surface area contributed by atoms with E-state index in [9.17, 15) is 0 Å². The normalized spacial score (nSPS) is 45.2. The van der Waals surface area contributed by atoms with Gasteiger partial charge in [0.15, 0.2) is 0 Å². The van der Waals surface area contributed by atoms with Gasteiger partial charge >= 0.3 is 11.9 Å². The maximum Gasteiger partial charge on any atom is 0.340 e. The number of aliphatic hydroxyl groups is 6. The van der Waals surface area contributed by atoms with Gasteiger partial charge in [0, 0.05) is 0 Å². The van der Waals surface area contributed by atoms with Crippen LogP contribution in [0.2, 0.25) is 0 Å². The van der Waals surface area contributed by atoms with Crippen molar-refractivity contribution in [3.63, 3.8) is 0 Å². The van der Waals surface area contributed by atoms with Gasteiger partial charge in [-0.1, -0.05) is 0 Å². The Morgan fingerprint density at radius 1 is 0.733 bits per heavy atom. The molecule has 0 saturated carbocycles. The van der Waals surface area contributed by atoms with Crippen molar-refractivity contribution in [1.29, 1.82) is 0 Å². The molecule has 9 heteroatoms. The molecule has 88 valence electrons. The first-order chi connectivity index (χ1) is 6.62. The van der Waals surface area contributed by atoms with Crippen LogP contribution in [0.3, 0.4) is 0 Å². The zero-order valence-electron chi connectivity index (χ0n) is 7.32. The van der Waals surface area contributed by atoms with Gasteiger partial charge in [0.05, 0.1) is 0 Å². The molecular weight excluding hydrogens is 216 g/mol. The summed E-state index contributed by atoms with van der Waals surface area (Å²) in [6, 6.07) is 0.